The van der Waals surface area contributed by atoms with Gasteiger partial charge >= 0.3 is 5.97 Å². The quantitative estimate of drug-likeness (QED) is 0.319. The molecule has 0 aromatic carbocycles. The van der Waals surface area contributed by atoms with E-state index in [1.807, 2.05) is 0 Å². The first-order valence-electron chi connectivity index (χ1n) is 10.9. The third-order valence-corrected chi connectivity index (χ3v) is 6.67. The topological polar surface area (TPSA) is 133 Å². The van der Waals surface area contributed by atoms with Crippen molar-refractivity contribution in [3.05, 3.63) is 0 Å². The molecule has 0 aromatic heterocycles. The molecule has 31 heavy (non-hydrogen) atoms. The highest BCUT2D eigenvalue weighted by Gasteiger charge is 2.47. The van der Waals surface area contributed by atoms with Gasteiger partial charge < -0.3 is 25.2 Å². The monoisotopic (exact) mass is 440 g/mol. The van der Waals surface area contributed by atoms with E-state index in [-0.39, 0.29) is 36.9 Å². The number of carbonyl (C=O) groups excluding carboxylic acids is 4. The fraction of sp³-hybridized carbons (Fsp3) is 0.818. The molecule has 2 fully saturated rings. The highest BCUT2D eigenvalue weighted by molar-refractivity contribution is 5.98. The lowest BCUT2D eigenvalue weighted by molar-refractivity contribution is -0.167. The molecule has 2 heterocycles. The number of nitrogens with zero attached hydrogens (tertiary/aromatic N) is 1. The molecule has 2 aliphatic rings. The van der Waals surface area contributed by atoms with E-state index in [2.05, 4.69) is 5.32 Å². The average Bonchev–Trinajstić information content (AvgIpc) is 2.65. The summed E-state index contributed by atoms with van der Waals surface area (Å²) >= 11 is 0. The lowest BCUT2D eigenvalue weighted by Gasteiger charge is -2.48. The average molecular weight is 441 g/mol. The number of ketones is 2. The summed E-state index contributed by atoms with van der Waals surface area (Å²) in [5, 5.41) is 25.1. The molecule has 0 radical (unpaired) electrons. The summed E-state index contributed by atoms with van der Waals surface area (Å²) in [5.41, 5.74) is -3.01. The normalized spacial score (nSPS) is 39.3. The Kier molecular flexibility index (Phi) is 7.99. The molecule has 2 rings (SSSR count). The predicted octanol–water partition coefficient (Wildman–Crippen LogP) is 0.0608. The van der Waals surface area contributed by atoms with Crippen molar-refractivity contribution in [2.24, 2.45) is 17.8 Å². The largest absolute Gasteiger partial charge is 0.462 e. The number of cyclic esters (lactones) is 1. The van der Waals surface area contributed by atoms with Crippen molar-refractivity contribution in [1.82, 2.24) is 10.2 Å². The summed E-state index contributed by atoms with van der Waals surface area (Å²) in [6, 6.07) is -1.14. The van der Waals surface area contributed by atoms with Crippen LogP contribution in [-0.4, -0.2) is 82.0 Å². The second kappa shape index (κ2) is 9.75. The van der Waals surface area contributed by atoms with Gasteiger partial charge in [-0.3, -0.25) is 19.2 Å². The van der Waals surface area contributed by atoms with Gasteiger partial charge in [-0.15, -0.1) is 0 Å². The van der Waals surface area contributed by atoms with Crippen LogP contribution in [0, 0.1) is 17.8 Å². The Morgan fingerprint density at radius 3 is 2.26 bits per heavy atom. The predicted molar refractivity (Wildman–Crippen MR) is 112 cm³/mol. The molecule has 9 heteroatoms. The van der Waals surface area contributed by atoms with Crippen molar-refractivity contribution < 1.29 is 34.1 Å². The van der Waals surface area contributed by atoms with Gasteiger partial charge in [0.25, 0.3) is 0 Å². The third-order valence-electron chi connectivity index (χ3n) is 6.67. The van der Waals surface area contributed by atoms with Gasteiger partial charge in [0.15, 0.2) is 0 Å². The molecule has 0 aliphatic carbocycles. The molecule has 0 saturated carbocycles. The Balaban J connectivity index is 2.43. The second-order valence-corrected chi connectivity index (χ2v) is 9.76. The van der Waals surface area contributed by atoms with E-state index in [1.165, 1.54) is 18.7 Å². The summed E-state index contributed by atoms with van der Waals surface area (Å²) < 4.78 is 5.26. The Bertz CT molecular complexity index is 702. The van der Waals surface area contributed by atoms with Crippen molar-refractivity contribution in [2.45, 2.75) is 77.2 Å². The second-order valence-electron chi connectivity index (χ2n) is 9.76. The molecule has 0 aromatic rings. The van der Waals surface area contributed by atoms with E-state index in [1.54, 1.807) is 20.8 Å². The lowest BCUT2D eigenvalue weighted by Crippen LogP contribution is -2.67. The minimum absolute atomic E-state index is 0.0215. The van der Waals surface area contributed by atoms with Crippen LogP contribution < -0.4 is 5.32 Å². The Morgan fingerprint density at radius 1 is 1.13 bits per heavy atom. The molecular formula is C22H36N2O7. The number of aliphatic hydroxyl groups is 2. The van der Waals surface area contributed by atoms with Crippen LogP contribution >= 0.6 is 0 Å². The maximum atomic E-state index is 13.3. The zero-order valence-electron chi connectivity index (χ0n) is 19.1. The minimum atomic E-state index is -1.73. The van der Waals surface area contributed by atoms with E-state index in [9.17, 15) is 29.4 Å². The van der Waals surface area contributed by atoms with Gasteiger partial charge in [0, 0.05) is 31.3 Å². The van der Waals surface area contributed by atoms with Gasteiger partial charge in [-0.2, -0.15) is 0 Å². The first-order valence-corrected chi connectivity index (χ1v) is 10.9. The lowest BCUT2D eigenvalue weighted by atomic mass is 9.76. The van der Waals surface area contributed by atoms with Crippen LogP contribution in [0.4, 0.5) is 0 Å². The van der Waals surface area contributed by atoms with Crippen molar-refractivity contribution in [3.63, 3.8) is 0 Å². The zero-order chi connectivity index (χ0) is 23.6. The minimum Gasteiger partial charge on any atom is -0.462 e. The van der Waals surface area contributed by atoms with E-state index < -0.39 is 47.6 Å². The van der Waals surface area contributed by atoms with Crippen LogP contribution in [0.1, 0.15) is 53.9 Å². The Morgan fingerprint density at radius 2 is 1.74 bits per heavy atom. The molecule has 9 nitrogen and oxygen atoms in total. The van der Waals surface area contributed by atoms with Crippen LogP contribution in [-0.2, 0) is 23.9 Å². The SMILES string of the molecule is CC1C(=O)CC[C@](C)(O)C[C@@H](C)C(=O)C(C)C(N(C=O)C2CNC2)[C@](C)(O)COC1=O. The van der Waals surface area contributed by atoms with Crippen molar-refractivity contribution in [3.8, 4) is 0 Å². The Labute approximate surface area is 183 Å². The summed E-state index contributed by atoms with van der Waals surface area (Å²) in [5.74, 6) is -3.74. The molecule has 176 valence electrons. The molecular weight excluding hydrogens is 404 g/mol. The van der Waals surface area contributed by atoms with E-state index in [0.717, 1.165) is 0 Å². The number of hydrogen-bond acceptors (Lipinski definition) is 8. The number of carbonyl (C=O) groups is 4. The summed E-state index contributed by atoms with van der Waals surface area (Å²) in [6.07, 6.45) is 0.840. The standard InChI is InChI=1S/C22H36N2O7/c1-13-8-21(4,29)7-6-17(26)14(2)20(28)31-11-22(5,30)19(15(3)18(13)27)24(12-25)16-9-23-10-16/h12-16,19,23,29-30H,6-11H2,1-5H3/t13-,14?,15?,19?,21+,22-/m1/s1. The molecule has 0 bridgehead atoms. The van der Waals surface area contributed by atoms with Gasteiger partial charge in [-0.05, 0) is 33.6 Å². The van der Waals surface area contributed by atoms with Gasteiger partial charge in [0.2, 0.25) is 6.41 Å². The molecule has 0 spiro atoms. The number of rotatable bonds is 3. The fourth-order valence-corrected chi connectivity index (χ4v) is 4.62. The molecule has 2 aliphatic heterocycles. The van der Waals surface area contributed by atoms with Crippen molar-refractivity contribution >= 4 is 23.9 Å². The van der Waals surface area contributed by atoms with Crippen molar-refractivity contribution in [2.75, 3.05) is 19.7 Å². The highest BCUT2D eigenvalue weighted by Crippen LogP contribution is 2.32. The van der Waals surface area contributed by atoms with Crippen LogP contribution in [0.5, 0.6) is 0 Å². The van der Waals surface area contributed by atoms with Crippen LogP contribution in [0.15, 0.2) is 0 Å². The molecule has 1 amide bonds. The van der Waals surface area contributed by atoms with Gasteiger partial charge in [-0.25, -0.2) is 0 Å². The zero-order valence-corrected chi connectivity index (χ0v) is 19.1. The van der Waals surface area contributed by atoms with E-state index >= 15 is 0 Å². The molecule has 6 atom stereocenters. The van der Waals surface area contributed by atoms with Crippen LogP contribution in [0.3, 0.4) is 0 Å². The number of esters is 1. The smallest absolute Gasteiger partial charge is 0.316 e. The van der Waals surface area contributed by atoms with Crippen LogP contribution in [0.2, 0.25) is 0 Å². The fourth-order valence-electron chi connectivity index (χ4n) is 4.62. The number of Topliss-reactive ketones (excluding diaryl/α,β-unsaturated/α-hetero) is 2. The van der Waals surface area contributed by atoms with Gasteiger partial charge in [0.1, 0.15) is 29.7 Å². The number of hydrogen-bond donors (Lipinski definition) is 3. The van der Waals surface area contributed by atoms with Crippen LogP contribution in [0.25, 0.3) is 0 Å². The third kappa shape index (κ3) is 5.90. The number of ether oxygens (including phenoxy) is 1. The maximum Gasteiger partial charge on any atom is 0.316 e. The number of amides is 1. The summed E-state index contributed by atoms with van der Waals surface area (Å²) in [7, 11) is 0. The summed E-state index contributed by atoms with van der Waals surface area (Å²) in [4.78, 5) is 51.5. The Hall–Kier alpha value is -1.84. The molecule has 2 saturated heterocycles. The highest BCUT2D eigenvalue weighted by atomic mass is 16.5. The first-order chi connectivity index (χ1) is 14.3. The molecule has 3 unspecified atom stereocenters. The van der Waals surface area contributed by atoms with Crippen molar-refractivity contribution in [1.29, 1.82) is 0 Å². The number of nitrogens with one attached hydrogen (secondary N) is 1. The van der Waals surface area contributed by atoms with Gasteiger partial charge in [-0.1, -0.05) is 13.8 Å². The van der Waals surface area contributed by atoms with E-state index in [0.29, 0.717) is 19.5 Å². The maximum absolute atomic E-state index is 13.3. The van der Waals surface area contributed by atoms with E-state index in [4.69, 9.17) is 4.74 Å². The summed E-state index contributed by atoms with van der Waals surface area (Å²) in [6.45, 7) is 8.38. The van der Waals surface area contributed by atoms with Gasteiger partial charge in [0.05, 0.1) is 17.7 Å². The molecule has 3 N–H and O–H groups in total. The first kappa shape index (κ1) is 25.4.